The van der Waals surface area contributed by atoms with Crippen LogP contribution in [0.25, 0.3) is 0 Å². The van der Waals surface area contributed by atoms with Crippen molar-refractivity contribution in [2.24, 2.45) is 4.99 Å². The van der Waals surface area contributed by atoms with E-state index in [1.165, 1.54) is 18.2 Å². The normalized spacial score (nSPS) is 14.1. The van der Waals surface area contributed by atoms with Gasteiger partial charge in [-0.15, -0.1) is 0 Å². The molecule has 1 N–H and O–H groups in total. The van der Waals surface area contributed by atoms with Gasteiger partial charge in [0.05, 0.1) is 24.8 Å². The number of fused-ring (bicyclic) bond motifs is 1. The van der Waals surface area contributed by atoms with Gasteiger partial charge in [-0.2, -0.15) is 0 Å². The average molecular weight is 480 g/mol. The van der Waals surface area contributed by atoms with Crippen molar-refractivity contribution < 1.29 is 27.5 Å². The average Bonchev–Trinajstić information content (AvgIpc) is 2.81. The number of anilines is 1. The predicted octanol–water partition coefficient (Wildman–Crippen LogP) is 5.76. The number of amides is 1. The van der Waals surface area contributed by atoms with Crippen LogP contribution in [0.1, 0.15) is 52.1 Å². The molecule has 5 nitrogen and oxygen atoms in total. The molecule has 4 rings (SSSR count). The molecule has 0 unspecified atom stereocenters. The highest BCUT2D eigenvalue weighted by Crippen LogP contribution is 2.31. The molecule has 0 aromatic heterocycles. The molecule has 8 heteroatoms. The minimum Gasteiger partial charge on any atom is -0.497 e. The third kappa shape index (κ3) is 5.11. The van der Waals surface area contributed by atoms with E-state index < -0.39 is 28.9 Å². The Morgan fingerprint density at radius 1 is 1.03 bits per heavy atom. The molecule has 1 aliphatic rings. The summed E-state index contributed by atoms with van der Waals surface area (Å²) in [6.07, 6.45) is 0.729. The van der Waals surface area contributed by atoms with Crippen LogP contribution in [0.5, 0.6) is 5.75 Å². The number of halogens is 3. The van der Waals surface area contributed by atoms with E-state index in [2.05, 4.69) is 5.32 Å². The van der Waals surface area contributed by atoms with E-state index in [0.29, 0.717) is 23.6 Å². The summed E-state index contributed by atoms with van der Waals surface area (Å²) in [4.78, 5) is 30.3. The van der Waals surface area contributed by atoms with Gasteiger partial charge in [0.1, 0.15) is 17.1 Å². The van der Waals surface area contributed by atoms with E-state index in [0.717, 1.165) is 17.5 Å². The Morgan fingerprint density at radius 3 is 2.51 bits per heavy atom. The minimum atomic E-state index is -1.58. The van der Waals surface area contributed by atoms with Crippen LogP contribution in [0.4, 0.5) is 18.9 Å². The van der Waals surface area contributed by atoms with Crippen LogP contribution in [-0.4, -0.2) is 30.1 Å². The van der Waals surface area contributed by atoms with E-state index in [1.54, 1.807) is 13.2 Å². The van der Waals surface area contributed by atoms with Crippen LogP contribution in [0, 0.1) is 17.5 Å². The molecule has 0 saturated carbocycles. The van der Waals surface area contributed by atoms with Gasteiger partial charge < -0.3 is 10.1 Å². The zero-order valence-corrected chi connectivity index (χ0v) is 19.4. The first-order valence-electron chi connectivity index (χ1n) is 10.9. The molecule has 0 bridgehead atoms. The lowest BCUT2D eigenvalue weighted by atomic mass is 9.85. The second-order valence-corrected chi connectivity index (χ2v) is 8.92. The van der Waals surface area contributed by atoms with Gasteiger partial charge in [0.2, 0.25) is 0 Å². The summed E-state index contributed by atoms with van der Waals surface area (Å²) in [6.45, 7) is 3.98. The van der Waals surface area contributed by atoms with Gasteiger partial charge in [-0.25, -0.2) is 13.2 Å². The van der Waals surface area contributed by atoms with Crippen molar-refractivity contribution in [1.29, 1.82) is 0 Å². The maximum Gasteiger partial charge on any atom is 0.261 e. The van der Waals surface area contributed by atoms with E-state index >= 15 is 0 Å². The van der Waals surface area contributed by atoms with Gasteiger partial charge in [0.25, 0.3) is 5.91 Å². The van der Waals surface area contributed by atoms with E-state index in [1.807, 2.05) is 32.0 Å². The smallest absolute Gasteiger partial charge is 0.261 e. The molecular weight excluding hydrogens is 457 g/mol. The minimum absolute atomic E-state index is 0.00809. The van der Waals surface area contributed by atoms with Crippen molar-refractivity contribution in [1.82, 2.24) is 0 Å². The van der Waals surface area contributed by atoms with Crippen molar-refractivity contribution in [3.8, 4) is 5.75 Å². The molecule has 35 heavy (non-hydrogen) atoms. The highest BCUT2D eigenvalue weighted by atomic mass is 19.2. The molecule has 0 fully saturated rings. The lowest BCUT2D eigenvalue weighted by Gasteiger charge is -2.29. The van der Waals surface area contributed by atoms with Crippen molar-refractivity contribution in [2.45, 2.75) is 32.2 Å². The van der Waals surface area contributed by atoms with Gasteiger partial charge in [-0.05, 0) is 62.2 Å². The number of hydrogen-bond donors (Lipinski definition) is 1. The second kappa shape index (κ2) is 9.37. The molecule has 1 aliphatic heterocycles. The molecule has 0 radical (unpaired) electrons. The largest absolute Gasteiger partial charge is 0.497 e. The van der Waals surface area contributed by atoms with Crippen LogP contribution in [-0.2, 0) is 6.42 Å². The molecule has 180 valence electrons. The van der Waals surface area contributed by atoms with Crippen molar-refractivity contribution in [2.75, 3.05) is 12.4 Å². The Balaban J connectivity index is 1.58. The van der Waals surface area contributed by atoms with Crippen LogP contribution in [0.2, 0.25) is 0 Å². The first kappa shape index (κ1) is 24.2. The lowest BCUT2D eigenvalue weighted by molar-refractivity contribution is 0.0994. The fourth-order valence-corrected chi connectivity index (χ4v) is 4.12. The second-order valence-electron chi connectivity index (χ2n) is 8.92. The van der Waals surface area contributed by atoms with Crippen LogP contribution >= 0.6 is 0 Å². The standard InChI is InChI=1S/C27H23F3N2O3/c1-27(2)14-16-7-8-18(35-3)12-19(16)22(32-27)13-23(33)15-5-4-6-17(11-15)31-26(34)24-20(28)9-10-21(29)25(24)30/h4-12H,13-14H2,1-3H3,(H,31,34). The summed E-state index contributed by atoms with van der Waals surface area (Å²) < 4.78 is 46.7. The number of carbonyl (C=O) groups excluding carboxylic acids is 2. The molecule has 0 atom stereocenters. The summed E-state index contributed by atoms with van der Waals surface area (Å²) in [5, 5.41) is 2.33. The number of ketones is 1. The van der Waals surface area contributed by atoms with Crippen molar-refractivity contribution >= 4 is 23.1 Å². The SMILES string of the molecule is COc1ccc2c(c1)C(CC(=O)c1cccc(NC(=O)c3c(F)ccc(F)c3F)c1)=NC(C)(C)C2. The Bertz CT molecular complexity index is 1370. The number of carbonyl (C=O) groups is 2. The number of ether oxygens (including phenoxy) is 1. The third-order valence-electron chi connectivity index (χ3n) is 5.73. The van der Waals surface area contributed by atoms with Gasteiger partial charge in [0, 0.05) is 16.8 Å². The van der Waals surface area contributed by atoms with Crippen molar-refractivity contribution in [3.63, 3.8) is 0 Å². The summed E-state index contributed by atoms with van der Waals surface area (Å²) >= 11 is 0. The number of methoxy groups -OCH3 is 1. The Morgan fingerprint density at radius 2 is 1.77 bits per heavy atom. The molecular formula is C27H23F3N2O3. The van der Waals surface area contributed by atoms with E-state index in [-0.39, 0.29) is 29.0 Å². The molecule has 3 aromatic carbocycles. The van der Waals surface area contributed by atoms with E-state index in [4.69, 9.17) is 9.73 Å². The Labute approximate surface area is 200 Å². The monoisotopic (exact) mass is 480 g/mol. The van der Waals surface area contributed by atoms with Gasteiger partial charge >= 0.3 is 0 Å². The van der Waals surface area contributed by atoms with Crippen LogP contribution in [0.15, 0.2) is 59.6 Å². The maximum absolute atomic E-state index is 14.0. The van der Waals surface area contributed by atoms with Gasteiger partial charge in [0.15, 0.2) is 17.4 Å². The Hall–Kier alpha value is -3.94. The summed E-state index contributed by atoms with van der Waals surface area (Å²) in [7, 11) is 1.57. The summed E-state index contributed by atoms with van der Waals surface area (Å²) in [5.41, 5.74) is 1.53. The molecule has 0 saturated heterocycles. The first-order valence-corrected chi connectivity index (χ1v) is 10.9. The molecule has 0 spiro atoms. The fourth-order valence-electron chi connectivity index (χ4n) is 4.12. The lowest BCUT2D eigenvalue weighted by Crippen LogP contribution is -2.30. The highest BCUT2D eigenvalue weighted by molar-refractivity contribution is 6.17. The van der Waals surface area contributed by atoms with Gasteiger partial charge in [-0.3, -0.25) is 14.6 Å². The molecule has 3 aromatic rings. The summed E-state index contributed by atoms with van der Waals surface area (Å²) in [6, 6.07) is 12.9. The molecule has 0 aliphatic carbocycles. The number of benzene rings is 3. The van der Waals surface area contributed by atoms with Gasteiger partial charge in [-0.1, -0.05) is 18.2 Å². The van der Waals surface area contributed by atoms with Crippen LogP contribution < -0.4 is 10.1 Å². The number of rotatable bonds is 6. The quantitative estimate of drug-likeness (QED) is 0.360. The Kier molecular flexibility index (Phi) is 6.47. The zero-order valence-electron chi connectivity index (χ0n) is 19.4. The molecule has 1 heterocycles. The van der Waals surface area contributed by atoms with E-state index in [9.17, 15) is 22.8 Å². The first-order chi connectivity index (χ1) is 16.6. The zero-order chi connectivity index (χ0) is 25.3. The number of aliphatic imine (C=N–C) groups is 1. The van der Waals surface area contributed by atoms with Crippen LogP contribution in [0.3, 0.4) is 0 Å². The summed E-state index contributed by atoms with van der Waals surface area (Å²) in [5.74, 6) is -4.88. The number of nitrogens with zero attached hydrogens (tertiary/aromatic N) is 1. The topological polar surface area (TPSA) is 67.8 Å². The number of hydrogen-bond acceptors (Lipinski definition) is 4. The number of nitrogens with one attached hydrogen (secondary N) is 1. The highest BCUT2D eigenvalue weighted by Gasteiger charge is 2.28. The third-order valence-corrected chi connectivity index (χ3v) is 5.73. The molecule has 1 amide bonds. The fraction of sp³-hybridized carbons (Fsp3) is 0.222. The van der Waals surface area contributed by atoms with Crippen molar-refractivity contribution in [3.05, 3.63) is 94.3 Å². The predicted molar refractivity (Wildman–Crippen MR) is 127 cm³/mol. The number of Topliss-reactive ketones (excluding diaryl/α,β-unsaturated/α-hetero) is 1. The maximum atomic E-state index is 14.0.